The molecule has 0 saturated carbocycles. The first-order valence-corrected chi connectivity index (χ1v) is 7.07. The molecule has 0 aliphatic rings. The number of amides is 1. The number of rotatable bonds is 3. The number of aromatic nitrogens is 2. The molecule has 110 valence electrons. The molecule has 1 amide bonds. The molecule has 0 saturated heterocycles. The Bertz CT molecular complexity index is 929. The first kappa shape index (κ1) is 14.1. The van der Waals surface area contributed by atoms with Gasteiger partial charge in [0.15, 0.2) is 0 Å². The fourth-order valence-corrected chi connectivity index (χ4v) is 2.38. The van der Waals surface area contributed by atoms with Gasteiger partial charge in [-0.05, 0) is 30.6 Å². The second-order valence-corrected chi connectivity index (χ2v) is 5.16. The lowest BCUT2D eigenvalue weighted by Crippen LogP contribution is -2.18. The summed E-state index contributed by atoms with van der Waals surface area (Å²) in [6, 6.07) is 6.91. The fraction of sp³-hybridized carbons (Fsp3) is 0.0714. The zero-order valence-corrected chi connectivity index (χ0v) is 12.3. The first-order valence-electron chi connectivity index (χ1n) is 6.29. The Labute approximate surface area is 128 Å². The number of hydrazone groups is 1. The third-order valence-corrected chi connectivity index (χ3v) is 3.76. The molecule has 0 aliphatic carbocycles. The average molecular weight is 314 g/mol. The molecule has 0 radical (unpaired) electrons. The minimum absolute atomic E-state index is 0.213. The van der Waals surface area contributed by atoms with Gasteiger partial charge in [0.05, 0.1) is 22.9 Å². The summed E-state index contributed by atoms with van der Waals surface area (Å²) in [6.07, 6.45) is 2.56. The summed E-state index contributed by atoms with van der Waals surface area (Å²) >= 11 is 0.982. The van der Waals surface area contributed by atoms with Gasteiger partial charge in [-0.1, -0.05) is 16.6 Å². The molecule has 0 atom stereocenters. The van der Waals surface area contributed by atoms with Crippen molar-refractivity contribution in [1.29, 1.82) is 0 Å². The van der Waals surface area contributed by atoms with Gasteiger partial charge in [-0.25, -0.2) is 5.43 Å². The molecule has 3 rings (SSSR count). The van der Waals surface area contributed by atoms with Crippen LogP contribution in [-0.2, 0) is 0 Å². The van der Waals surface area contributed by atoms with Gasteiger partial charge >= 0.3 is 0 Å². The molecule has 0 fully saturated rings. The highest BCUT2D eigenvalue weighted by atomic mass is 32.1. The maximum absolute atomic E-state index is 12.2. The predicted octanol–water partition coefficient (Wildman–Crippen LogP) is 1.72. The molecule has 8 heteroatoms. The van der Waals surface area contributed by atoms with Gasteiger partial charge in [-0.15, -0.1) is 5.10 Å². The molecule has 3 aromatic rings. The lowest BCUT2D eigenvalue weighted by molar-refractivity contribution is 0.0958. The van der Waals surface area contributed by atoms with Gasteiger partial charge < -0.3 is 4.42 Å². The molecule has 0 aliphatic heterocycles. The lowest BCUT2D eigenvalue weighted by Gasteiger charge is -1.98. The normalized spacial score (nSPS) is 11.1. The molecule has 1 N–H and O–H groups in total. The molecule has 1 aromatic carbocycles. The third-order valence-electron chi connectivity index (χ3n) is 2.93. The first-order chi connectivity index (χ1) is 10.7. The maximum Gasteiger partial charge on any atom is 0.285 e. The molecule has 0 spiro atoms. The molecule has 2 heterocycles. The molecule has 22 heavy (non-hydrogen) atoms. The predicted molar refractivity (Wildman–Crippen MR) is 82.2 cm³/mol. The Morgan fingerprint density at radius 3 is 3.00 bits per heavy atom. The highest BCUT2D eigenvalue weighted by molar-refractivity contribution is 7.07. The zero-order chi connectivity index (χ0) is 15.5. The summed E-state index contributed by atoms with van der Waals surface area (Å²) in [5.41, 5.74) is 3.40. The van der Waals surface area contributed by atoms with Gasteiger partial charge in [-0.3, -0.25) is 9.59 Å². The van der Waals surface area contributed by atoms with Crippen molar-refractivity contribution in [2.75, 3.05) is 0 Å². The third kappa shape index (κ3) is 2.63. The van der Waals surface area contributed by atoms with Crippen molar-refractivity contribution >= 4 is 34.6 Å². The largest absolute Gasteiger partial charge is 0.463 e. The van der Waals surface area contributed by atoms with Gasteiger partial charge in [-0.2, -0.15) is 5.10 Å². The Morgan fingerprint density at radius 1 is 1.41 bits per heavy atom. The summed E-state index contributed by atoms with van der Waals surface area (Å²) in [5.74, 6) is -0.422. The Hall–Kier alpha value is -2.87. The average Bonchev–Trinajstić information content (AvgIpc) is 2.96. The van der Waals surface area contributed by atoms with Crippen molar-refractivity contribution in [3.63, 3.8) is 0 Å². The summed E-state index contributed by atoms with van der Waals surface area (Å²) in [6.45, 7) is 1.68. The summed E-state index contributed by atoms with van der Waals surface area (Å²) in [7, 11) is 0. The molecule has 2 aromatic heterocycles. The minimum Gasteiger partial charge on any atom is -0.463 e. The van der Waals surface area contributed by atoms with Crippen LogP contribution in [0.1, 0.15) is 20.9 Å². The number of fused-ring (bicyclic) bond motifs is 1. The SMILES string of the molecule is Cc1nnsc1C(=O)NN=Cc1coc2ccccc2c1=O. The number of nitrogens with zero attached hydrogens (tertiary/aromatic N) is 3. The van der Waals surface area contributed by atoms with Gasteiger partial charge in [0.1, 0.15) is 16.7 Å². The van der Waals surface area contributed by atoms with Crippen LogP contribution in [0.3, 0.4) is 0 Å². The zero-order valence-electron chi connectivity index (χ0n) is 11.4. The molecule has 0 unspecified atom stereocenters. The number of hydrogen-bond acceptors (Lipinski definition) is 7. The summed E-state index contributed by atoms with van der Waals surface area (Å²) < 4.78 is 9.02. The second kappa shape index (κ2) is 5.86. The van der Waals surface area contributed by atoms with Gasteiger partial charge in [0.25, 0.3) is 5.91 Å². The topological polar surface area (TPSA) is 97.5 Å². The van der Waals surface area contributed by atoms with Crippen molar-refractivity contribution in [3.8, 4) is 0 Å². The number of hydrogen-bond donors (Lipinski definition) is 1. The molecular formula is C14H10N4O3S. The van der Waals surface area contributed by atoms with E-state index in [1.54, 1.807) is 31.2 Å². The van der Waals surface area contributed by atoms with Crippen LogP contribution in [0.5, 0.6) is 0 Å². The fourth-order valence-electron chi connectivity index (χ4n) is 1.83. The van der Waals surface area contributed by atoms with Crippen LogP contribution < -0.4 is 10.9 Å². The summed E-state index contributed by atoms with van der Waals surface area (Å²) in [5, 5.41) is 7.97. The smallest absolute Gasteiger partial charge is 0.285 e. The van der Waals surface area contributed by atoms with E-state index in [0.717, 1.165) is 11.5 Å². The van der Waals surface area contributed by atoms with Crippen LogP contribution in [0.2, 0.25) is 0 Å². The van der Waals surface area contributed by atoms with E-state index >= 15 is 0 Å². The van der Waals surface area contributed by atoms with Crippen LogP contribution >= 0.6 is 11.5 Å². The summed E-state index contributed by atoms with van der Waals surface area (Å²) in [4.78, 5) is 24.4. The number of aryl methyl sites for hydroxylation is 1. The Morgan fingerprint density at radius 2 is 2.23 bits per heavy atom. The van der Waals surface area contributed by atoms with Crippen LogP contribution in [0.15, 0.2) is 44.8 Å². The number of carbonyl (C=O) groups is 1. The van der Waals surface area contributed by atoms with E-state index in [4.69, 9.17) is 4.42 Å². The lowest BCUT2D eigenvalue weighted by atomic mass is 10.2. The van der Waals surface area contributed by atoms with E-state index in [1.165, 1.54) is 12.5 Å². The van der Waals surface area contributed by atoms with E-state index in [9.17, 15) is 9.59 Å². The van der Waals surface area contributed by atoms with Crippen LogP contribution in [-0.4, -0.2) is 21.7 Å². The van der Waals surface area contributed by atoms with Crippen LogP contribution in [0.25, 0.3) is 11.0 Å². The van der Waals surface area contributed by atoms with E-state index in [-0.39, 0.29) is 11.0 Å². The van der Waals surface area contributed by atoms with E-state index in [1.807, 2.05) is 0 Å². The molecular weight excluding hydrogens is 304 g/mol. The van der Waals surface area contributed by atoms with Crippen molar-refractivity contribution in [2.45, 2.75) is 6.92 Å². The van der Waals surface area contributed by atoms with Crippen molar-refractivity contribution in [3.05, 3.63) is 56.9 Å². The molecule has 7 nitrogen and oxygen atoms in total. The number of nitrogens with one attached hydrogen (secondary N) is 1. The van der Waals surface area contributed by atoms with Crippen molar-refractivity contribution in [2.24, 2.45) is 5.10 Å². The highest BCUT2D eigenvalue weighted by Gasteiger charge is 2.12. The van der Waals surface area contributed by atoms with E-state index in [0.29, 0.717) is 21.5 Å². The second-order valence-electron chi connectivity index (χ2n) is 4.40. The van der Waals surface area contributed by atoms with E-state index in [2.05, 4.69) is 20.1 Å². The van der Waals surface area contributed by atoms with Crippen molar-refractivity contribution < 1.29 is 9.21 Å². The number of benzene rings is 1. The van der Waals surface area contributed by atoms with Crippen LogP contribution in [0, 0.1) is 6.92 Å². The quantitative estimate of drug-likeness (QED) is 0.586. The van der Waals surface area contributed by atoms with Crippen molar-refractivity contribution in [1.82, 2.24) is 15.0 Å². The number of para-hydroxylation sites is 1. The molecule has 0 bridgehead atoms. The van der Waals surface area contributed by atoms with E-state index < -0.39 is 5.91 Å². The monoisotopic (exact) mass is 314 g/mol. The van der Waals surface area contributed by atoms with Gasteiger partial charge in [0, 0.05) is 0 Å². The Kier molecular flexibility index (Phi) is 3.75. The minimum atomic E-state index is -0.422. The highest BCUT2D eigenvalue weighted by Crippen LogP contribution is 2.10. The van der Waals surface area contributed by atoms with Gasteiger partial charge in [0.2, 0.25) is 5.43 Å². The van der Waals surface area contributed by atoms with Crippen LogP contribution in [0.4, 0.5) is 0 Å². The Balaban J connectivity index is 1.81. The maximum atomic E-state index is 12.2. The standard InChI is InChI=1S/C14H10N4O3S/c1-8-13(22-18-16-8)14(20)17-15-6-9-7-21-11-5-3-2-4-10(11)12(9)19/h2-7H,1H3,(H,17,20). The number of carbonyl (C=O) groups excluding carboxylic acids is 1.